The Hall–Kier alpha value is -2.50. The summed E-state index contributed by atoms with van der Waals surface area (Å²) >= 11 is 6.48. The van der Waals surface area contributed by atoms with Gasteiger partial charge in [0.25, 0.3) is 0 Å². The van der Waals surface area contributed by atoms with Gasteiger partial charge in [-0.05, 0) is 25.2 Å². The summed E-state index contributed by atoms with van der Waals surface area (Å²) in [5.41, 5.74) is 3.94. The topological polar surface area (TPSA) is 46.3 Å². The molecule has 0 amide bonds. The maximum atomic E-state index is 6.48. The molecule has 5 nitrogen and oxygen atoms in total. The highest BCUT2D eigenvalue weighted by Crippen LogP contribution is 2.28. The summed E-state index contributed by atoms with van der Waals surface area (Å²) in [7, 11) is 0. The van der Waals surface area contributed by atoms with Crippen LogP contribution in [0.3, 0.4) is 0 Å². The lowest BCUT2D eigenvalue weighted by molar-refractivity contribution is 0.286. The molecule has 4 rings (SSSR count). The van der Waals surface area contributed by atoms with E-state index >= 15 is 0 Å². The van der Waals surface area contributed by atoms with Crippen molar-refractivity contribution in [3.05, 3.63) is 76.3 Å². The second-order valence-electron chi connectivity index (χ2n) is 6.49. The predicted octanol–water partition coefficient (Wildman–Crippen LogP) is 4.11. The minimum Gasteiger partial charge on any atom is -0.296 e. The van der Waals surface area contributed by atoms with Crippen LogP contribution in [0.25, 0.3) is 5.69 Å². The van der Waals surface area contributed by atoms with Gasteiger partial charge in [0, 0.05) is 16.1 Å². The second kappa shape index (κ2) is 7.62. The molecule has 0 fully saturated rings. The Morgan fingerprint density at radius 1 is 0.963 bits per heavy atom. The molecule has 2 aromatic carbocycles. The van der Waals surface area contributed by atoms with E-state index in [0.29, 0.717) is 11.6 Å². The molecule has 3 aromatic rings. The average molecular weight is 380 g/mol. The summed E-state index contributed by atoms with van der Waals surface area (Å²) in [4.78, 5) is 7.20. The molecule has 0 spiro atoms. The standard InChI is InChI=1S/C21H22ClN5/c1-3-26(4-2)14-20-25-24-19-13-23-21(15-9-5-7-11-17(15)22)16-10-6-8-12-18(16)27(19)20/h5-12H,3-4,13-14H2,1-2H3. The van der Waals surface area contributed by atoms with E-state index in [1.165, 1.54) is 0 Å². The smallest absolute Gasteiger partial charge is 0.159 e. The third-order valence-corrected chi connectivity index (χ3v) is 5.29. The first-order valence-corrected chi connectivity index (χ1v) is 9.65. The van der Waals surface area contributed by atoms with Crippen LogP contribution in [0.1, 0.15) is 36.6 Å². The van der Waals surface area contributed by atoms with Crippen molar-refractivity contribution in [2.75, 3.05) is 13.1 Å². The van der Waals surface area contributed by atoms with Gasteiger partial charge in [0.05, 0.1) is 17.9 Å². The number of aromatic nitrogens is 3. The molecule has 0 atom stereocenters. The van der Waals surface area contributed by atoms with Gasteiger partial charge < -0.3 is 0 Å². The van der Waals surface area contributed by atoms with E-state index in [4.69, 9.17) is 16.6 Å². The fourth-order valence-corrected chi connectivity index (χ4v) is 3.70. The van der Waals surface area contributed by atoms with Gasteiger partial charge in [0.1, 0.15) is 6.54 Å². The zero-order valence-electron chi connectivity index (χ0n) is 15.6. The number of hydrogen-bond donors (Lipinski definition) is 0. The molecule has 0 aliphatic carbocycles. The van der Waals surface area contributed by atoms with Crippen molar-refractivity contribution < 1.29 is 0 Å². The van der Waals surface area contributed by atoms with Gasteiger partial charge >= 0.3 is 0 Å². The number of aliphatic imine (C=N–C) groups is 1. The van der Waals surface area contributed by atoms with Crippen molar-refractivity contribution in [2.24, 2.45) is 4.99 Å². The van der Waals surface area contributed by atoms with Crippen LogP contribution in [0.15, 0.2) is 53.5 Å². The molecule has 0 bridgehead atoms. The SMILES string of the molecule is CCN(CC)Cc1nnc2n1-c1ccccc1C(c1ccccc1Cl)=NC2. The summed E-state index contributed by atoms with van der Waals surface area (Å²) in [6, 6.07) is 16.1. The van der Waals surface area contributed by atoms with E-state index in [-0.39, 0.29) is 0 Å². The Morgan fingerprint density at radius 2 is 1.67 bits per heavy atom. The normalized spacial score (nSPS) is 13.1. The van der Waals surface area contributed by atoms with E-state index in [0.717, 1.165) is 53.8 Å². The number of rotatable bonds is 5. The lowest BCUT2D eigenvalue weighted by Gasteiger charge is -2.19. The van der Waals surface area contributed by atoms with Gasteiger partial charge in [-0.2, -0.15) is 0 Å². The summed E-state index contributed by atoms with van der Waals surface area (Å²) in [6.07, 6.45) is 0. The van der Waals surface area contributed by atoms with Crippen molar-refractivity contribution in [1.82, 2.24) is 19.7 Å². The fraction of sp³-hybridized carbons (Fsp3) is 0.286. The van der Waals surface area contributed by atoms with Crippen molar-refractivity contribution in [3.8, 4) is 5.69 Å². The van der Waals surface area contributed by atoms with Crippen LogP contribution >= 0.6 is 11.6 Å². The number of benzene rings is 2. The minimum atomic E-state index is 0.473. The first kappa shape index (κ1) is 17.9. The van der Waals surface area contributed by atoms with Crippen LogP contribution in [-0.4, -0.2) is 38.5 Å². The van der Waals surface area contributed by atoms with Crippen LogP contribution in [0.5, 0.6) is 0 Å². The molecule has 0 saturated carbocycles. The van der Waals surface area contributed by atoms with E-state index in [2.05, 4.69) is 45.6 Å². The third kappa shape index (κ3) is 3.29. The minimum absolute atomic E-state index is 0.473. The predicted molar refractivity (Wildman–Crippen MR) is 109 cm³/mol. The highest BCUT2D eigenvalue weighted by Gasteiger charge is 2.23. The Bertz CT molecular complexity index is 988. The molecular weight excluding hydrogens is 358 g/mol. The molecule has 0 saturated heterocycles. The lowest BCUT2D eigenvalue weighted by atomic mass is 10.0. The van der Waals surface area contributed by atoms with E-state index in [9.17, 15) is 0 Å². The average Bonchev–Trinajstić information content (AvgIpc) is 3.02. The zero-order chi connectivity index (χ0) is 18.8. The molecule has 1 aliphatic heterocycles. The number of halogens is 1. The van der Waals surface area contributed by atoms with E-state index in [1.54, 1.807) is 0 Å². The van der Waals surface area contributed by atoms with Crippen molar-refractivity contribution in [1.29, 1.82) is 0 Å². The third-order valence-electron chi connectivity index (χ3n) is 4.96. The Kier molecular flexibility index (Phi) is 5.05. The second-order valence-corrected chi connectivity index (χ2v) is 6.90. The monoisotopic (exact) mass is 379 g/mol. The molecule has 1 aromatic heterocycles. The number of nitrogens with zero attached hydrogens (tertiary/aromatic N) is 5. The fourth-order valence-electron chi connectivity index (χ4n) is 3.47. The molecule has 2 heterocycles. The van der Waals surface area contributed by atoms with Gasteiger partial charge in [-0.15, -0.1) is 10.2 Å². The van der Waals surface area contributed by atoms with Gasteiger partial charge in [-0.3, -0.25) is 14.5 Å². The van der Waals surface area contributed by atoms with Gasteiger partial charge in [-0.25, -0.2) is 0 Å². The van der Waals surface area contributed by atoms with Crippen LogP contribution in [0.2, 0.25) is 5.02 Å². The largest absolute Gasteiger partial charge is 0.296 e. The van der Waals surface area contributed by atoms with Crippen LogP contribution < -0.4 is 0 Å². The van der Waals surface area contributed by atoms with Crippen molar-refractivity contribution in [3.63, 3.8) is 0 Å². The molecule has 1 aliphatic rings. The van der Waals surface area contributed by atoms with Crippen LogP contribution in [-0.2, 0) is 13.1 Å². The quantitative estimate of drug-likeness (QED) is 0.670. The molecule has 0 N–H and O–H groups in total. The van der Waals surface area contributed by atoms with E-state index < -0.39 is 0 Å². The van der Waals surface area contributed by atoms with Crippen molar-refractivity contribution >= 4 is 17.3 Å². The summed E-state index contributed by atoms with van der Waals surface area (Å²) < 4.78 is 2.15. The summed E-state index contributed by atoms with van der Waals surface area (Å²) in [6.45, 7) is 7.51. The van der Waals surface area contributed by atoms with Crippen LogP contribution in [0, 0.1) is 0 Å². The number of para-hydroxylation sites is 1. The highest BCUT2D eigenvalue weighted by molar-refractivity contribution is 6.35. The molecule has 0 unspecified atom stereocenters. The summed E-state index contributed by atoms with van der Waals surface area (Å²) in [5, 5.41) is 9.60. The van der Waals surface area contributed by atoms with Gasteiger partial charge in [0.15, 0.2) is 11.6 Å². The Morgan fingerprint density at radius 3 is 2.41 bits per heavy atom. The number of hydrogen-bond acceptors (Lipinski definition) is 4. The molecular formula is C21H22ClN5. The van der Waals surface area contributed by atoms with E-state index in [1.807, 2.05) is 36.4 Å². The highest BCUT2D eigenvalue weighted by atomic mass is 35.5. The number of fused-ring (bicyclic) bond motifs is 3. The molecule has 138 valence electrons. The Labute approximate surface area is 164 Å². The molecule has 6 heteroatoms. The zero-order valence-corrected chi connectivity index (χ0v) is 16.3. The first-order chi connectivity index (χ1) is 13.2. The van der Waals surface area contributed by atoms with Crippen LogP contribution in [0.4, 0.5) is 0 Å². The van der Waals surface area contributed by atoms with Gasteiger partial charge in [0.2, 0.25) is 0 Å². The van der Waals surface area contributed by atoms with Crippen molar-refractivity contribution in [2.45, 2.75) is 26.9 Å². The maximum absolute atomic E-state index is 6.48. The lowest BCUT2D eigenvalue weighted by Crippen LogP contribution is -2.24. The molecule has 27 heavy (non-hydrogen) atoms. The van der Waals surface area contributed by atoms with Gasteiger partial charge in [-0.1, -0.05) is 61.8 Å². The molecule has 0 radical (unpaired) electrons. The Balaban J connectivity index is 1.86. The maximum Gasteiger partial charge on any atom is 0.159 e. The first-order valence-electron chi connectivity index (χ1n) is 9.27. The summed E-state index contributed by atoms with van der Waals surface area (Å²) in [5.74, 6) is 1.79.